The first-order valence-electron chi connectivity index (χ1n) is 9.35. The summed E-state index contributed by atoms with van der Waals surface area (Å²) in [4.78, 5) is 15.5. The maximum Gasteiger partial charge on any atom is 0.409 e. The zero-order valence-electron chi connectivity index (χ0n) is 16.4. The maximum atomic E-state index is 11.7. The molecule has 1 N–H and O–H groups in total. The molecule has 0 spiro atoms. The number of amides is 1. The third-order valence-electron chi connectivity index (χ3n) is 4.53. The van der Waals surface area contributed by atoms with E-state index in [0.717, 1.165) is 18.8 Å². The van der Waals surface area contributed by atoms with Crippen LogP contribution in [0.1, 0.15) is 33.3 Å². The molecule has 146 valence electrons. The summed E-state index contributed by atoms with van der Waals surface area (Å²) in [6.07, 6.45) is -0.818. The number of carbonyl (C=O) groups excluding carboxylic acids is 1. The van der Waals surface area contributed by atoms with Crippen LogP contribution < -0.4 is 4.74 Å². The van der Waals surface area contributed by atoms with E-state index in [0.29, 0.717) is 26.2 Å². The molecule has 1 aliphatic heterocycles. The molecule has 0 bridgehead atoms. The van der Waals surface area contributed by atoms with Crippen LogP contribution in [-0.2, 0) is 10.2 Å². The van der Waals surface area contributed by atoms with Gasteiger partial charge in [-0.3, -0.25) is 4.90 Å². The fourth-order valence-electron chi connectivity index (χ4n) is 2.92. The predicted molar refractivity (Wildman–Crippen MR) is 102 cm³/mol. The molecule has 6 nitrogen and oxygen atoms in total. The van der Waals surface area contributed by atoms with E-state index in [2.05, 4.69) is 37.8 Å². The SMILES string of the molecule is CCOC(=O)N1CCN(CC(O)COc2ccc(C(C)(C)C)cc2)CC1. The van der Waals surface area contributed by atoms with Gasteiger partial charge in [0.15, 0.2) is 0 Å². The van der Waals surface area contributed by atoms with Gasteiger partial charge in [0.1, 0.15) is 18.5 Å². The Balaban J connectivity index is 1.71. The van der Waals surface area contributed by atoms with Gasteiger partial charge in [-0.15, -0.1) is 0 Å². The zero-order chi connectivity index (χ0) is 19.2. The topological polar surface area (TPSA) is 62.2 Å². The molecule has 1 aromatic rings. The van der Waals surface area contributed by atoms with E-state index in [-0.39, 0.29) is 18.1 Å². The summed E-state index contributed by atoms with van der Waals surface area (Å²) in [5.41, 5.74) is 1.37. The third-order valence-corrected chi connectivity index (χ3v) is 4.53. The lowest BCUT2D eigenvalue weighted by atomic mass is 9.87. The number of aliphatic hydroxyl groups is 1. The summed E-state index contributed by atoms with van der Waals surface area (Å²) in [6.45, 7) is 12.2. The standard InChI is InChI=1S/C20H32N2O4/c1-5-25-19(24)22-12-10-21(11-13-22)14-17(23)15-26-18-8-6-16(7-9-18)20(2,3)4/h6-9,17,23H,5,10-15H2,1-4H3. The van der Waals surface area contributed by atoms with Crippen LogP contribution >= 0.6 is 0 Å². The Morgan fingerprint density at radius 1 is 1.15 bits per heavy atom. The molecule has 0 radical (unpaired) electrons. The molecule has 26 heavy (non-hydrogen) atoms. The number of nitrogens with zero attached hydrogens (tertiary/aromatic N) is 2. The van der Waals surface area contributed by atoms with Crippen molar-refractivity contribution >= 4 is 6.09 Å². The Kier molecular flexibility index (Phi) is 7.29. The van der Waals surface area contributed by atoms with Gasteiger partial charge in [0.05, 0.1) is 6.61 Å². The first-order chi connectivity index (χ1) is 12.3. The minimum atomic E-state index is -0.563. The molecule has 1 atom stereocenters. The first kappa shape index (κ1) is 20.5. The van der Waals surface area contributed by atoms with Crippen LogP contribution in [-0.4, -0.2) is 73.0 Å². The molecule has 6 heteroatoms. The van der Waals surface area contributed by atoms with Gasteiger partial charge in [0, 0.05) is 32.7 Å². The molecular weight excluding hydrogens is 332 g/mol. The summed E-state index contributed by atoms with van der Waals surface area (Å²) >= 11 is 0. The second-order valence-electron chi connectivity index (χ2n) is 7.73. The van der Waals surface area contributed by atoms with Crippen LogP contribution in [0.25, 0.3) is 0 Å². The van der Waals surface area contributed by atoms with Gasteiger partial charge in [0.25, 0.3) is 0 Å². The van der Waals surface area contributed by atoms with Gasteiger partial charge in [-0.25, -0.2) is 4.79 Å². The van der Waals surface area contributed by atoms with Crippen molar-refractivity contribution < 1.29 is 19.4 Å². The lowest BCUT2D eigenvalue weighted by Crippen LogP contribution is -2.51. The number of benzene rings is 1. The first-order valence-corrected chi connectivity index (χ1v) is 9.35. The van der Waals surface area contributed by atoms with E-state index >= 15 is 0 Å². The molecule has 0 aliphatic carbocycles. The molecular formula is C20H32N2O4. The molecule has 1 aromatic carbocycles. The fraction of sp³-hybridized carbons (Fsp3) is 0.650. The van der Waals surface area contributed by atoms with Crippen LogP contribution in [0.2, 0.25) is 0 Å². The summed E-state index contributed by atoms with van der Waals surface area (Å²) in [5, 5.41) is 10.2. The normalized spacial score (nSPS) is 17.0. The lowest BCUT2D eigenvalue weighted by Gasteiger charge is -2.34. The highest BCUT2D eigenvalue weighted by atomic mass is 16.6. The van der Waals surface area contributed by atoms with Crippen molar-refractivity contribution in [2.45, 2.75) is 39.2 Å². The lowest BCUT2D eigenvalue weighted by molar-refractivity contribution is 0.0407. The summed E-state index contributed by atoms with van der Waals surface area (Å²) in [6, 6.07) is 8.03. The minimum Gasteiger partial charge on any atom is -0.491 e. The highest BCUT2D eigenvalue weighted by molar-refractivity contribution is 5.67. The highest BCUT2D eigenvalue weighted by Crippen LogP contribution is 2.24. The fourth-order valence-corrected chi connectivity index (χ4v) is 2.92. The average Bonchev–Trinajstić information content (AvgIpc) is 2.60. The van der Waals surface area contributed by atoms with Gasteiger partial charge in [0.2, 0.25) is 0 Å². The van der Waals surface area contributed by atoms with E-state index in [4.69, 9.17) is 9.47 Å². The summed E-state index contributed by atoms with van der Waals surface area (Å²) < 4.78 is 10.7. The van der Waals surface area contributed by atoms with Crippen molar-refractivity contribution in [3.05, 3.63) is 29.8 Å². The second kappa shape index (κ2) is 9.24. The predicted octanol–water partition coefficient (Wildman–Crippen LogP) is 2.50. The summed E-state index contributed by atoms with van der Waals surface area (Å²) in [7, 11) is 0. The molecule has 1 unspecified atom stereocenters. The Morgan fingerprint density at radius 3 is 2.31 bits per heavy atom. The Morgan fingerprint density at radius 2 is 1.77 bits per heavy atom. The van der Waals surface area contributed by atoms with E-state index < -0.39 is 6.10 Å². The largest absolute Gasteiger partial charge is 0.491 e. The average molecular weight is 364 g/mol. The quantitative estimate of drug-likeness (QED) is 0.840. The van der Waals surface area contributed by atoms with Crippen LogP contribution in [0.3, 0.4) is 0 Å². The number of piperazine rings is 1. The Hall–Kier alpha value is -1.79. The third kappa shape index (κ3) is 6.18. The second-order valence-corrected chi connectivity index (χ2v) is 7.73. The van der Waals surface area contributed by atoms with E-state index in [1.807, 2.05) is 12.1 Å². The van der Waals surface area contributed by atoms with E-state index in [1.165, 1.54) is 5.56 Å². The molecule has 2 rings (SSSR count). The van der Waals surface area contributed by atoms with Crippen molar-refractivity contribution in [1.29, 1.82) is 0 Å². The number of carbonyl (C=O) groups is 1. The van der Waals surface area contributed by atoms with Crippen molar-refractivity contribution in [3.63, 3.8) is 0 Å². The maximum absolute atomic E-state index is 11.7. The van der Waals surface area contributed by atoms with Gasteiger partial charge in [-0.2, -0.15) is 0 Å². The van der Waals surface area contributed by atoms with Crippen molar-refractivity contribution in [3.8, 4) is 5.75 Å². The molecule has 1 fully saturated rings. The van der Waals surface area contributed by atoms with Crippen LogP contribution in [0.5, 0.6) is 5.75 Å². The molecule has 0 aromatic heterocycles. The number of hydrogen-bond acceptors (Lipinski definition) is 5. The van der Waals surface area contributed by atoms with Gasteiger partial charge < -0.3 is 19.5 Å². The molecule has 0 saturated carbocycles. The smallest absolute Gasteiger partial charge is 0.409 e. The zero-order valence-corrected chi connectivity index (χ0v) is 16.4. The number of hydrogen-bond donors (Lipinski definition) is 1. The van der Waals surface area contributed by atoms with Gasteiger partial charge in [-0.05, 0) is 30.0 Å². The highest BCUT2D eigenvalue weighted by Gasteiger charge is 2.23. The molecule has 1 heterocycles. The number of aliphatic hydroxyl groups excluding tert-OH is 1. The van der Waals surface area contributed by atoms with Crippen LogP contribution in [0, 0.1) is 0 Å². The van der Waals surface area contributed by atoms with E-state index in [1.54, 1.807) is 11.8 Å². The number of ether oxygens (including phenoxy) is 2. The van der Waals surface area contributed by atoms with Gasteiger partial charge >= 0.3 is 6.09 Å². The van der Waals surface area contributed by atoms with Crippen LogP contribution in [0.4, 0.5) is 4.79 Å². The van der Waals surface area contributed by atoms with E-state index in [9.17, 15) is 9.90 Å². The monoisotopic (exact) mass is 364 g/mol. The summed E-state index contributed by atoms with van der Waals surface area (Å²) in [5.74, 6) is 0.768. The number of rotatable bonds is 6. The van der Waals surface area contributed by atoms with Crippen molar-refractivity contribution in [2.24, 2.45) is 0 Å². The van der Waals surface area contributed by atoms with Crippen molar-refractivity contribution in [1.82, 2.24) is 9.80 Å². The minimum absolute atomic E-state index is 0.115. The molecule has 1 aliphatic rings. The van der Waals surface area contributed by atoms with Crippen LogP contribution in [0.15, 0.2) is 24.3 Å². The van der Waals surface area contributed by atoms with Gasteiger partial charge in [-0.1, -0.05) is 32.9 Å². The molecule has 1 amide bonds. The number of β-amino-alcohol motifs (C(OH)–C–C–N with tert-alkyl or cyclic N) is 1. The molecule has 1 saturated heterocycles. The Bertz CT molecular complexity index is 560. The van der Waals surface area contributed by atoms with Crippen molar-refractivity contribution in [2.75, 3.05) is 45.9 Å². The Labute approximate surface area is 156 Å².